The predicted molar refractivity (Wildman–Crippen MR) is 106 cm³/mol. The first-order valence-electron chi connectivity index (χ1n) is 9.58. The maximum Gasteiger partial charge on any atom is 0.325 e. The lowest BCUT2D eigenvalue weighted by Crippen LogP contribution is -2.46. The SMILES string of the molecule is Cc1cc(C)cc(OCCN2C(=O)N[C@](C)(Cc3ccc4c(c3)OCO4)C2=O)c1. The number of nitrogens with zero attached hydrogens (tertiary/aromatic N) is 1. The highest BCUT2D eigenvalue weighted by Crippen LogP contribution is 2.34. The third-order valence-corrected chi connectivity index (χ3v) is 5.12. The van der Waals surface area contributed by atoms with Crippen molar-refractivity contribution in [3.05, 3.63) is 53.1 Å². The highest BCUT2D eigenvalue weighted by molar-refractivity contribution is 6.07. The molecule has 0 spiro atoms. The van der Waals surface area contributed by atoms with Gasteiger partial charge in [0, 0.05) is 6.42 Å². The maximum atomic E-state index is 13.0. The number of nitrogens with one attached hydrogen (secondary N) is 1. The van der Waals surface area contributed by atoms with Crippen LogP contribution < -0.4 is 19.5 Å². The maximum absolute atomic E-state index is 13.0. The summed E-state index contributed by atoms with van der Waals surface area (Å²) in [4.78, 5) is 26.6. The van der Waals surface area contributed by atoms with Crippen LogP contribution in [0.25, 0.3) is 0 Å². The molecule has 0 bridgehead atoms. The first-order chi connectivity index (χ1) is 13.8. The summed E-state index contributed by atoms with van der Waals surface area (Å²) in [5, 5.41) is 2.82. The molecule has 1 saturated heterocycles. The van der Waals surface area contributed by atoms with Gasteiger partial charge in [-0.25, -0.2) is 4.79 Å². The van der Waals surface area contributed by atoms with Crippen LogP contribution in [0.1, 0.15) is 23.6 Å². The smallest absolute Gasteiger partial charge is 0.325 e. The number of imide groups is 1. The number of amides is 3. The van der Waals surface area contributed by atoms with Crippen molar-refractivity contribution in [2.75, 3.05) is 19.9 Å². The summed E-state index contributed by atoms with van der Waals surface area (Å²) in [6, 6.07) is 11.1. The summed E-state index contributed by atoms with van der Waals surface area (Å²) in [5.41, 5.74) is 2.08. The number of rotatable bonds is 6. The van der Waals surface area contributed by atoms with E-state index in [0.717, 1.165) is 22.4 Å². The van der Waals surface area contributed by atoms with Gasteiger partial charge in [-0.05, 0) is 61.7 Å². The molecular formula is C22H24N2O5. The molecule has 1 fully saturated rings. The molecule has 2 aromatic carbocycles. The minimum atomic E-state index is -1.01. The highest BCUT2D eigenvalue weighted by atomic mass is 16.7. The Hall–Kier alpha value is -3.22. The molecule has 0 aliphatic carbocycles. The average molecular weight is 396 g/mol. The van der Waals surface area contributed by atoms with Crippen molar-refractivity contribution in [2.24, 2.45) is 0 Å². The zero-order chi connectivity index (χ0) is 20.6. The summed E-state index contributed by atoms with van der Waals surface area (Å²) in [7, 11) is 0. The number of fused-ring (bicyclic) bond motifs is 1. The Kier molecular flexibility index (Phi) is 4.82. The van der Waals surface area contributed by atoms with Crippen molar-refractivity contribution in [2.45, 2.75) is 32.7 Å². The van der Waals surface area contributed by atoms with Gasteiger partial charge in [0.2, 0.25) is 6.79 Å². The van der Waals surface area contributed by atoms with Crippen LogP contribution in [0.5, 0.6) is 17.2 Å². The van der Waals surface area contributed by atoms with Crippen LogP contribution in [0, 0.1) is 13.8 Å². The van der Waals surface area contributed by atoms with Gasteiger partial charge in [0.05, 0.1) is 6.54 Å². The molecule has 4 rings (SSSR count). The van der Waals surface area contributed by atoms with E-state index in [9.17, 15) is 9.59 Å². The Balaban J connectivity index is 1.40. The topological polar surface area (TPSA) is 77.1 Å². The van der Waals surface area contributed by atoms with Gasteiger partial charge < -0.3 is 19.5 Å². The summed E-state index contributed by atoms with van der Waals surface area (Å²) >= 11 is 0. The van der Waals surface area contributed by atoms with Crippen molar-refractivity contribution in [3.63, 3.8) is 0 Å². The molecule has 0 unspecified atom stereocenters. The Labute approximate surface area is 169 Å². The van der Waals surface area contributed by atoms with Gasteiger partial charge in [0.25, 0.3) is 5.91 Å². The van der Waals surface area contributed by atoms with Crippen LogP contribution in [0.4, 0.5) is 4.79 Å². The van der Waals surface area contributed by atoms with E-state index in [1.54, 1.807) is 6.92 Å². The molecule has 7 nitrogen and oxygen atoms in total. The number of carbonyl (C=O) groups is 2. The lowest BCUT2D eigenvalue weighted by atomic mass is 9.92. The molecule has 3 amide bonds. The Bertz CT molecular complexity index is 953. The van der Waals surface area contributed by atoms with E-state index < -0.39 is 11.6 Å². The number of aryl methyl sites for hydroxylation is 2. The number of hydrogen-bond acceptors (Lipinski definition) is 5. The zero-order valence-corrected chi connectivity index (χ0v) is 16.8. The normalized spacial score (nSPS) is 20.2. The molecule has 152 valence electrons. The lowest BCUT2D eigenvalue weighted by molar-refractivity contribution is -0.131. The van der Waals surface area contributed by atoms with Crippen LogP contribution in [-0.4, -0.2) is 42.3 Å². The van der Waals surface area contributed by atoms with E-state index >= 15 is 0 Å². The van der Waals surface area contributed by atoms with Gasteiger partial charge in [0.1, 0.15) is 17.9 Å². The molecule has 1 N–H and O–H groups in total. The van der Waals surface area contributed by atoms with E-state index in [1.165, 1.54) is 4.90 Å². The third-order valence-electron chi connectivity index (χ3n) is 5.12. The second kappa shape index (κ2) is 7.31. The summed E-state index contributed by atoms with van der Waals surface area (Å²) in [6.45, 7) is 6.36. The van der Waals surface area contributed by atoms with Gasteiger partial charge in [0.15, 0.2) is 11.5 Å². The monoisotopic (exact) mass is 396 g/mol. The van der Waals surface area contributed by atoms with Gasteiger partial charge in [-0.2, -0.15) is 0 Å². The molecule has 0 aromatic heterocycles. The third kappa shape index (κ3) is 3.85. The fourth-order valence-electron chi connectivity index (χ4n) is 3.80. The van der Waals surface area contributed by atoms with Crippen molar-refractivity contribution >= 4 is 11.9 Å². The minimum absolute atomic E-state index is 0.189. The second-order valence-electron chi connectivity index (χ2n) is 7.76. The lowest BCUT2D eigenvalue weighted by Gasteiger charge is -2.22. The Morgan fingerprint density at radius 1 is 1.07 bits per heavy atom. The van der Waals surface area contributed by atoms with Crippen molar-refractivity contribution in [3.8, 4) is 17.2 Å². The number of urea groups is 1. The van der Waals surface area contributed by atoms with Crippen molar-refractivity contribution in [1.82, 2.24) is 10.2 Å². The molecule has 0 radical (unpaired) electrons. The first-order valence-corrected chi connectivity index (χ1v) is 9.58. The standard InChI is InChI=1S/C22H24N2O5/c1-14-8-15(2)10-17(9-14)27-7-6-24-20(25)22(3,23-21(24)26)12-16-4-5-18-19(11-16)29-13-28-18/h4-5,8-11H,6-7,12-13H2,1-3H3,(H,23,26)/t22-/m1/s1. The quantitative estimate of drug-likeness (QED) is 0.760. The Morgan fingerprint density at radius 2 is 1.79 bits per heavy atom. The number of carbonyl (C=O) groups excluding carboxylic acids is 2. The predicted octanol–water partition coefficient (Wildman–Crippen LogP) is 2.96. The van der Waals surface area contributed by atoms with E-state index in [2.05, 4.69) is 11.4 Å². The van der Waals surface area contributed by atoms with E-state index in [4.69, 9.17) is 14.2 Å². The van der Waals surface area contributed by atoms with Crippen molar-refractivity contribution < 1.29 is 23.8 Å². The van der Waals surface area contributed by atoms with Crippen LogP contribution in [-0.2, 0) is 11.2 Å². The van der Waals surface area contributed by atoms with Crippen LogP contribution >= 0.6 is 0 Å². The number of benzene rings is 2. The van der Waals surface area contributed by atoms with Crippen LogP contribution in [0.2, 0.25) is 0 Å². The summed E-state index contributed by atoms with van der Waals surface area (Å²) < 4.78 is 16.5. The van der Waals surface area contributed by atoms with Crippen LogP contribution in [0.15, 0.2) is 36.4 Å². The average Bonchev–Trinajstić information content (AvgIpc) is 3.18. The number of ether oxygens (including phenoxy) is 3. The van der Waals surface area contributed by atoms with Gasteiger partial charge >= 0.3 is 6.03 Å². The van der Waals surface area contributed by atoms with E-state index in [0.29, 0.717) is 17.9 Å². The highest BCUT2D eigenvalue weighted by Gasteiger charge is 2.47. The fraction of sp³-hybridized carbons (Fsp3) is 0.364. The molecular weight excluding hydrogens is 372 g/mol. The molecule has 2 heterocycles. The van der Waals surface area contributed by atoms with Crippen molar-refractivity contribution in [1.29, 1.82) is 0 Å². The minimum Gasteiger partial charge on any atom is -0.492 e. The molecule has 29 heavy (non-hydrogen) atoms. The van der Waals surface area contributed by atoms with E-state index in [1.807, 2.05) is 44.2 Å². The summed E-state index contributed by atoms with van der Waals surface area (Å²) in [5.74, 6) is 1.81. The molecule has 1 atom stereocenters. The molecule has 2 aliphatic heterocycles. The van der Waals surface area contributed by atoms with E-state index in [-0.39, 0.29) is 25.9 Å². The van der Waals surface area contributed by atoms with Gasteiger partial charge in [-0.1, -0.05) is 12.1 Å². The summed E-state index contributed by atoms with van der Waals surface area (Å²) in [6.07, 6.45) is 0.364. The molecule has 2 aromatic rings. The zero-order valence-electron chi connectivity index (χ0n) is 16.8. The van der Waals surface area contributed by atoms with Gasteiger partial charge in [-0.15, -0.1) is 0 Å². The van der Waals surface area contributed by atoms with Crippen LogP contribution in [0.3, 0.4) is 0 Å². The first kappa shape index (κ1) is 19.1. The number of hydrogen-bond donors (Lipinski definition) is 1. The second-order valence-corrected chi connectivity index (χ2v) is 7.76. The fourth-order valence-corrected chi connectivity index (χ4v) is 3.80. The molecule has 0 saturated carbocycles. The molecule has 2 aliphatic rings. The van der Waals surface area contributed by atoms with Gasteiger partial charge in [-0.3, -0.25) is 9.69 Å². The Morgan fingerprint density at radius 3 is 2.55 bits per heavy atom. The largest absolute Gasteiger partial charge is 0.492 e. The molecule has 7 heteroatoms.